The zero-order valence-electron chi connectivity index (χ0n) is 12.0. The molecule has 0 aliphatic carbocycles. The quantitative estimate of drug-likeness (QED) is 0.897. The number of rotatable bonds is 3. The second kappa shape index (κ2) is 5.79. The van der Waals surface area contributed by atoms with Crippen LogP contribution in [0.4, 0.5) is 5.82 Å². The van der Waals surface area contributed by atoms with Crippen LogP contribution in [-0.4, -0.2) is 55.1 Å². The summed E-state index contributed by atoms with van der Waals surface area (Å²) in [5, 5.41) is 3.29. The minimum absolute atomic E-state index is 0.0687. The van der Waals surface area contributed by atoms with E-state index in [-0.39, 0.29) is 5.91 Å². The number of pyridine rings is 1. The molecule has 0 saturated carbocycles. The zero-order chi connectivity index (χ0) is 13.9. The number of carbonyl (C=O) groups excluding carboxylic acids is 1. The number of hydrogen-bond acceptors (Lipinski definition) is 4. The Morgan fingerprint density at radius 1 is 1.40 bits per heavy atom. The number of anilines is 1. The van der Waals surface area contributed by atoms with Gasteiger partial charge in [-0.05, 0) is 37.9 Å². The number of nitrogens with zero attached hydrogens (tertiary/aromatic N) is 3. The highest BCUT2D eigenvalue weighted by molar-refractivity contribution is 5.94. The summed E-state index contributed by atoms with van der Waals surface area (Å²) in [6.07, 6.45) is 5.22. The van der Waals surface area contributed by atoms with E-state index in [0.717, 1.165) is 38.4 Å². The second-order valence-electron chi connectivity index (χ2n) is 5.66. The molecule has 1 N–H and O–H groups in total. The Balaban J connectivity index is 1.68. The van der Waals surface area contributed by atoms with Crippen LogP contribution in [0.5, 0.6) is 0 Å². The van der Waals surface area contributed by atoms with Gasteiger partial charge in [0, 0.05) is 38.9 Å². The van der Waals surface area contributed by atoms with Gasteiger partial charge in [-0.3, -0.25) is 4.79 Å². The third-order valence-corrected chi connectivity index (χ3v) is 4.33. The average Bonchev–Trinajstić information content (AvgIpc) is 3.18. The molecule has 1 amide bonds. The third kappa shape index (κ3) is 2.63. The fourth-order valence-corrected chi connectivity index (χ4v) is 2.99. The molecule has 3 heterocycles. The maximum atomic E-state index is 12.4. The van der Waals surface area contributed by atoms with Crippen molar-refractivity contribution in [2.24, 2.45) is 0 Å². The first-order valence-corrected chi connectivity index (χ1v) is 7.44. The lowest BCUT2D eigenvalue weighted by Crippen LogP contribution is -2.38. The summed E-state index contributed by atoms with van der Waals surface area (Å²) < 4.78 is 0. The Morgan fingerprint density at radius 3 is 2.80 bits per heavy atom. The van der Waals surface area contributed by atoms with Gasteiger partial charge in [-0.15, -0.1) is 0 Å². The number of likely N-dealkylation sites (N-methyl/N-ethyl adjacent to an activating group) is 1. The molecule has 0 aromatic carbocycles. The van der Waals surface area contributed by atoms with Crippen molar-refractivity contribution >= 4 is 11.7 Å². The third-order valence-electron chi connectivity index (χ3n) is 4.33. The fraction of sp³-hybridized carbons (Fsp3) is 0.600. The highest BCUT2D eigenvalue weighted by Gasteiger charge is 2.24. The highest BCUT2D eigenvalue weighted by Crippen LogP contribution is 2.18. The Morgan fingerprint density at radius 2 is 2.20 bits per heavy atom. The number of carbonyl (C=O) groups is 1. The van der Waals surface area contributed by atoms with Gasteiger partial charge in [-0.2, -0.15) is 0 Å². The SMILES string of the molecule is CN(C(=O)c1ccc(N2CCCC2)nc1)C1CCNC1. The Bertz CT molecular complexity index is 461. The van der Waals surface area contributed by atoms with Gasteiger partial charge in [0.15, 0.2) is 0 Å². The van der Waals surface area contributed by atoms with E-state index >= 15 is 0 Å². The molecule has 0 spiro atoms. The van der Waals surface area contributed by atoms with Crippen LogP contribution < -0.4 is 10.2 Å². The van der Waals surface area contributed by atoms with Gasteiger partial charge in [0.1, 0.15) is 5.82 Å². The van der Waals surface area contributed by atoms with Crippen LogP contribution in [0.2, 0.25) is 0 Å². The van der Waals surface area contributed by atoms with Crippen LogP contribution in [0.1, 0.15) is 29.6 Å². The van der Waals surface area contributed by atoms with E-state index in [2.05, 4.69) is 15.2 Å². The molecule has 1 unspecified atom stereocenters. The van der Waals surface area contributed by atoms with Gasteiger partial charge < -0.3 is 15.1 Å². The summed E-state index contributed by atoms with van der Waals surface area (Å²) in [6, 6.07) is 4.18. The van der Waals surface area contributed by atoms with Crippen molar-refractivity contribution in [1.29, 1.82) is 0 Å². The highest BCUT2D eigenvalue weighted by atomic mass is 16.2. The molecule has 108 valence electrons. The van der Waals surface area contributed by atoms with E-state index in [1.165, 1.54) is 12.8 Å². The summed E-state index contributed by atoms with van der Waals surface area (Å²) in [4.78, 5) is 21.0. The lowest BCUT2D eigenvalue weighted by Gasteiger charge is -2.24. The molecule has 1 atom stereocenters. The molecule has 3 rings (SSSR count). The van der Waals surface area contributed by atoms with Crippen molar-refractivity contribution < 1.29 is 4.79 Å². The molecule has 1 aromatic heterocycles. The number of nitrogens with one attached hydrogen (secondary N) is 1. The monoisotopic (exact) mass is 274 g/mol. The molecule has 0 bridgehead atoms. The van der Waals surface area contributed by atoms with Crippen molar-refractivity contribution in [2.75, 3.05) is 38.1 Å². The topological polar surface area (TPSA) is 48.5 Å². The summed E-state index contributed by atoms with van der Waals surface area (Å²) in [7, 11) is 1.88. The standard InChI is InChI=1S/C15H22N4O/c1-18(13-6-7-16-11-13)15(20)12-4-5-14(17-10-12)19-8-2-3-9-19/h4-5,10,13,16H,2-3,6-9,11H2,1H3. The van der Waals surface area contributed by atoms with E-state index in [1.807, 2.05) is 24.1 Å². The molecular weight excluding hydrogens is 252 g/mol. The minimum atomic E-state index is 0.0687. The fourth-order valence-electron chi connectivity index (χ4n) is 2.99. The maximum Gasteiger partial charge on any atom is 0.255 e. The number of amides is 1. The second-order valence-corrected chi connectivity index (χ2v) is 5.66. The first kappa shape index (κ1) is 13.4. The van der Waals surface area contributed by atoms with Crippen LogP contribution in [0.25, 0.3) is 0 Å². The Kier molecular flexibility index (Phi) is 3.87. The van der Waals surface area contributed by atoms with Gasteiger partial charge in [-0.1, -0.05) is 0 Å². The normalized spacial score (nSPS) is 22.2. The van der Waals surface area contributed by atoms with Gasteiger partial charge in [0.05, 0.1) is 5.56 Å². The van der Waals surface area contributed by atoms with E-state index in [4.69, 9.17) is 0 Å². The van der Waals surface area contributed by atoms with Crippen molar-refractivity contribution in [3.63, 3.8) is 0 Å². The van der Waals surface area contributed by atoms with E-state index in [1.54, 1.807) is 6.20 Å². The van der Waals surface area contributed by atoms with Crippen molar-refractivity contribution in [3.05, 3.63) is 23.9 Å². The lowest BCUT2D eigenvalue weighted by atomic mass is 10.2. The summed E-state index contributed by atoms with van der Waals surface area (Å²) in [5.74, 6) is 1.06. The summed E-state index contributed by atoms with van der Waals surface area (Å²) in [5.41, 5.74) is 0.683. The summed E-state index contributed by atoms with van der Waals surface area (Å²) >= 11 is 0. The van der Waals surface area contributed by atoms with Crippen LogP contribution in [0, 0.1) is 0 Å². The lowest BCUT2D eigenvalue weighted by molar-refractivity contribution is 0.0743. The van der Waals surface area contributed by atoms with Crippen LogP contribution >= 0.6 is 0 Å². The smallest absolute Gasteiger partial charge is 0.255 e. The predicted molar refractivity (Wildman–Crippen MR) is 79.1 cm³/mol. The first-order valence-electron chi connectivity index (χ1n) is 7.44. The largest absolute Gasteiger partial charge is 0.357 e. The van der Waals surface area contributed by atoms with Gasteiger partial charge in [-0.25, -0.2) is 4.98 Å². The molecular formula is C15H22N4O. The molecule has 2 aliphatic heterocycles. The molecule has 2 fully saturated rings. The van der Waals surface area contributed by atoms with E-state index in [0.29, 0.717) is 11.6 Å². The van der Waals surface area contributed by atoms with Gasteiger partial charge in [0.2, 0.25) is 0 Å². The van der Waals surface area contributed by atoms with E-state index < -0.39 is 0 Å². The predicted octanol–water partition coefficient (Wildman–Crippen LogP) is 1.12. The van der Waals surface area contributed by atoms with Crippen LogP contribution in [-0.2, 0) is 0 Å². The van der Waals surface area contributed by atoms with E-state index in [9.17, 15) is 4.79 Å². The Labute approximate surface area is 120 Å². The molecule has 0 radical (unpaired) electrons. The molecule has 5 nitrogen and oxygen atoms in total. The zero-order valence-corrected chi connectivity index (χ0v) is 12.0. The molecule has 5 heteroatoms. The molecule has 1 aromatic rings. The molecule has 20 heavy (non-hydrogen) atoms. The average molecular weight is 274 g/mol. The van der Waals surface area contributed by atoms with Crippen LogP contribution in [0.3, 0.4) is 0 Å². The molecule has 2 aliphatic rings. The van der Waals surface area contributed by atoms with Gasteiger partial charge >= 0.3 is 0 Å². The van der Waals surface area contributed by atoms with Crippen molar-refractivity contribution in [3.8, 4) is 0 Å². The summed E-state index contributed by atoms with van der Waals surface area (Å²) in [6.45, 7) is 4.04. The number of aromatic nitrogens is 1. The maximum absolute atomic E-state index is 12.4. The van der Waals surface area contributed by atoms with Gasteiger partial charge in [0.25, 0.3) is 5.91 Å². The Hall–Kier alpha value is -1.62. The minimum Gasteiger partial charge on any atom is -0.357 e. The first-order chi connectivity index (χ1) is 9.75. The van der Waals surface area contributed by atoms with Crippen molar-refractivity contribution in [1.82, 2.24) is 15.2 Å². The number of hydrogen-bond donors (Lipinski definition) is 1. The van der Waals surface area contributed by atoms with Crippen molar-refractivity contribution in [2.45, 2.75) is 25.3 Å². The molecule has 2 saturated heterocycles. The van der Waals surface area contributed by atoms with Crippen LogP contribution in [0.15, 0.2) is 18.3 Å².